The van der Waals surface area contributed by atoms with Gasteiger partial charge in [0.2, 0.25) is 5.95 Å². The lowest BCUT2D eigenvalue weighted by Crippen LogP contribution is -2.43. The summed E-state index contributed by atoms with van der Waals surface area (Å²) in [5.74, 6) is 2.58. The Morgan fingerprint density at radius 3 is 2.80 bits per heavy atom. The van der Waals surface area contributed by atoms with Gasteiger partial charge in [-0.05, 0) is 44.7 Å². The maximum Gasteiger partial charge on any atom is 0.222 e. The number of aromatic nitrogens is 2. The number of thioether (sulfide) groups is 1. The molecule has 2 heterocycles. The molecule has 1 aliphatic heterocycles. The number of rotatable bonds is 6. The van der Waals surface area contributed by atoms with Gasteiger partial charge in [0.25, 0.3) is 0 Å². The Labute approximate surface area is 125 Å². The Bertz CT molecular complexity index is 398. The van der Waals surface area contributed by atoms with Crippen LogP contribution in [-0.2, 0) is 0 Å². The van der Waals surface area contributed by atoms with Gasteiger partial charge in [-0.2, -0.15) is 16.7 Å². The highest BCUT2D eigenvalue weighted by molar-refractivity contribution is 7.98. The minimum Gasteiger partial charge on any atom is -0.368 e. The summed E-state index contributed by atoms with van der Waals surface area (Å²) in [7, 11) is 0. The molecule has 0 saturated carbocycles. The number of anilines is 2. The maximum absolute atomic E-state index is 5.72. The van der Waals surface area contributed by atoms with E-state index in [4.69, 9.17) is 5.73 Å². The fraction of sp³-hybridized carbons (Fsp3) is 0.714. The molecule has 1 aromatic rings. The third-order valence-electron chi connectivity index (χ3n) is 3.64. The zero-order valence-corrected chi connectivity index (χ0v) is 13.2. The van der Waals surface area contributed by atoms with E-state index in [0.717, 1.165) is 31.1 Å². The number of nitrogen functional groups attached to an aromatic ring is 1. The predicted octanol–water partition coefficient (Wildman–Crippen LogP) is 1.68. The van der Waals surface area contributed by atoms with Crippen LogP contribution in [0.15, 0.2) is 6.07 Å². The molecule has 5 nitrogen and oxygen atoms in total. The highest BCUT2D eigenvalue weighted by atomic mass is 32.2. The molecule has 0 amide bonds. The first-order valence-electron chi connectivity index (χ1n) is 7.27. The van der Waals surface area contributed by atoms with E-state index >= 15 is 0 Å². The Morgan fingerprint density at radius 2 is 2.15 bits per heavy atom. The van der Waals surface area contributed by atoms with Gasteiger partial charge in [-0.25, -0.2) is 4.98 Å². The van der Waals surface area contributed by atoms with Crippen LogP contribution in [0.5, 0.6) is 0 Å². The number of hydrogen-bond donors (Lipinski definition) is 2. The molecule has 2 rings (SSSR count). The number of aryl methyl sites for hydroxylation is 1. The predicted molar refractivity (Wildman–Crippen MR) is 87.4 cm³/mol. The Hall–Kier alpha value is -1.01. The highest BCUT2D eigenvalue weighted by Crippen LogP contribution is 2.19. The zero-order valence-electron chi connectivity index (χ0n) is 12.4. The van der Waals surface area contributed by atoms with Crippen LogP contribution in [0.25, 0.3) is 0 Å². The average molecular weight is 295 g/mol. The van der Waals surface area contributed by atoms with Gasteiger partial charge in [0.1, 0.15) is 5.82 Å². The van der Waals surface area contributed by atoms with Crippen molar-refractivity contribution in [3.63, 3.8) is 0 Å². The van der Waals surface area contributed by atoms with Crippen molar-refractivity contribution in [2.45, 2.75) is 32.2 Å². The van der Waals surface area contributed by atoms with Crippen LogP contribution in [-0.4, -0.2) is 47.7 Å². The lowest BCUT2D eigenvalue weighted by molar-refractivity contribution is 0.415. The first-order chi connectivity index (χ1) is 9.69. The summed E-state index contributed by atoms with van der Waals surface area (Å²) in [5, 5.41) is 3.65. The van der Waals surface area contributed by atoms with E-state index in [1.807, 2.05) is 24.8 Å². The van der Waals surface area contributed by atoms with Gasteiger partial charge in [-0.15, -0.1) is 0 Å². The summed E-state index contributed by atoms with van der Waals surface area (Å²) < 4.78 is 0. The smallest absolute Gasteiger partial charge is 0.222 e. The summed E-state index contributed by atoms with van der Waals surface area (Å²) in [6.45, 7) is 5.17. The number of nitrogens with two attached hydrogens (primary N) is 1. The van der Waals surface area contributed by atoms with E-state index in [9.17, 15) is 0 Å². The van der Waals surface area contributed by atoms with E-state index in [2.05, 4.69) is 26.4 Å². The van der Waals surface area contributed by atoms with Crippen molar-refractivity contribution >= 4 is 23.5 Å². The minimum atomic E-state index is 0.373. The molecule has 3 N–H and O–H groups in total. The summed E-state index contributed by atoms with van der Waals surface area (Å²) in [5.41, 5.74) is 6.66. The first-order valence-corrected chi connectivity index (χ1v) is 8.67. The molecule has 0 aromatic carbocycles. The third kappa shape index (κ3) is 4.52. The lowest BCUT2D eigenvalue weighted by atomic mass is 10.0. The summed E-state index contributed by atoms with van der Waals surface area (Å²) in [6, 6.07) is 2.66. The normalized spacial score (nSPS) is 16.6. The first kappa shape index (κ1) is 15.4. The van der Waals surface area contributed by atoms with E-state index < -0.39 is 0 Å². The fourth-order valence-corrected chi connectivity index (χ4v) is 3.00. The molecule has 1 fully saturated rings. The molecule has 0 aliphatic carbocycles. The standard InChI is InChI=1S/C14H25N5S/c1-11-10-13(18-14(15)17-11)19-7-4-12(5-8-19)16-6-3-9-20-2/h10,12,16H,3-9H2,1-2H3,(H2,15,17,18). The number of nitrogens with zero attached hydrogens (tertiary/aromatic N) is 3. The minimum absolute atomic E-state index is 0.373. The molecule has 1 aromatic heterocycles. The van der Waals surface area contributed by atoms with Crippen LogP contribution in [0.1, 0.15) is 25.0 Å². The van der Waals surface area contributed by atoms with Crippen molar-refractivity contribution in [1.82, 2.24) is 15.3 Å². The van der Waals surface area contributed by atoms with E-state index in [1.54, 1.807) is 0 Å². The molecule has 0 unspecified atom stereocenters. The molecular formula is C14H25N5S. The van der Waals surface area contributed by atoms with Gasteiger partial charge in [0.05, 0.1) is 0 Å². The van der Waals surface area contributed by atoms with Gasteiger partial charge < -0.3 is 16.0 Å². The third-order valence-corrected chi connectivity index (χ3v) is 4.33. The highest BCUT2D eigenvalue weighted by Gasteiger charge is 2.20. The molecule has 1 saturated heterocycles. The van der Waals surface area contributed by atoms with Gasteiger partial charge in [-0.3, -0.25) is 0 Å². The molecule has 6 heteroatoms. The second-order valence-corrected chi connectivity index (χ2v) is 6.27. The molecule has 20 heavy (non-hydrogen) atoms. The van der Waals surface area contributed by atoms with E-state index in [1.165, 1.54) is 25.0 Å². The Morgan fingerprint density at radius 1 is 1.40 bits per heavy atom. The molecule has 0 atom stereocenters. The van der Waals surface area contributed by atoms with Crippen molar-refractivity contribution in [3.8, 4) is 0 Å². The van der Waals surface area contributed by atoms with Crippen molar-refractivity contribution in [1.29, 1.82) is 0 Å². The molecular weight excluding hydrogens is 270 g/mol. The zero-order chi connectivity index (χ0) is 14.4. The average Bonchev–Trinajstić information content (AvgIpc) is 2.43. The van der Waals surface area contributed by atoms with Crippen LogP contribution in [0.4, 0.5) is 11.8 Å². The van der Waals surface area contributed by atoms with Gasteiger partial charge in [0.15, 0.2) is 0 Å². The second-order valence-electron chi connectivity index (χ2n) is 5.29. The van der Waals surface area contributed by atoms with Crippen LogP contribution >= 0.6 is 11.8 Å². The molecule has 0 bridgehead atoms. The fourth-order valence-electron chi connectivity index (χ4n) is 2.57. The summed E-state index contributed by atoms with van der Waals surface area (Å²) in [6.07, 6.45) is 5.75. The number of hydrogen-bond acceptors (Lipinski definition) is 6. The van der Waals surface area contributed by atoms with Gasteiger partial charge >= 0.3 is 0 Å². The molecule has 0 radical (unpaired) electrons. The second kappa shape index (κ2) is 7.69. The number of piperidine rings is 1. The topological polar surface area (TPSA) is 67.1 Å². The van der Waals surface area contributed by atoms with E-state index in [0.29, 0.717) is 12.0 Å². The van der Waals surface area contributed by atoms with Crippen molar-refractivity contribution < 1.29 is 0 Å². The van der Waals surface area contributed by atoms with Crippen molar-refractivity contribution in [3.05, 3.63) is 11.8 Å². The van der Waals surface area contributed by atoms with Crippen LogP contribution < -0.4 is 16.0 Å². The van der Waals surface area contributed by atoms with E-state index in [-0.39, 0.29) is 0 Å². The Balaban J connectivity index is 1.79. The van der Waals surface area contributed by atoms with Crippen LogP contribution in [0.3, 0.4) is 0 Å². The molecule has 0 spiro atoms. The van der Waals surface area contributed by atoms with Gasteiger partial charge in [-0.1, -0.05) is 0 Å². The van der Waals surface area contributed by atoms with Gasteiger partial charge in [0, 0.05) is 30.9 Å². The summed E-state index contributed by atoms with van der Waals surface area (Å²) in [4.78, 5) is 10.8. The summed E-state index contributed by atoms with van der Waals surface area (Å²) >= 11 is 1.91. The molecule has 1 aliphatic rings. The van der Waals surface area contributed by atoms with Crippen LogP contribution in [0, 0.1) is 6.92 Å². The lowest BCUT2D eigenvalue weighted by Gasteiger charge is -2.33. The van der Waals surface area contributed by atoms with Crippen molar-refractivity contribution in [2.24, 2.45) is 0 Å². The SMILES string of the molecule is CSCCCNC1CCN(c2cc(C)nc(N)n2)CC1. The molecule has 112 valence electrons. The quantitative estimate of drug-likeness (QED) is 0.778. The van der Waals surface area contributed by atoms with Crippen LogP contribution in [0.2, 0.25) is 0 Å². The largest absolute Gasteiger partial charge is 0.368 e. The monoisotopic (exact) mass is 295 g/mol. The number of nitrogens with one attached hydrogen (secondary N) is 1. The maximum atomic E-state index is 5.72. The Kier molecular flexibility index (Phi) is 5.91. The van der Waals surface area contributed by atoms with Crippen molar-refractivity contribution in [2.75, 3.05) is 42.3 Å².